The van der Waals surface area contributed by atoms with Gasteiger partial charge in [-0.05, 0) is 6.07 Å². The van der Waals surface area contributed by atoms with Crippen LogP contribution in [0.4, 0.5) is 4.39 Å². The number of hydrogen-bond acceptors (Lipinski definition) is 3. The van der Waals surface area contributed by atoms with E-state index in [1.807, 2.05) is 0 Å². The minimum atomic E-state index is -1.22. The highest BCUT2D eigenvalue weighted by atomic mass is 19.1. The Morgan fingerprint density at radius 1 is 1.50 bits per heavy atom. The fraction of sp³-hybridized carbons (Fsp3) is 0.100. The van der Waals surface area contributed by atoms with E-state index in [-0.39, 0.29) is 22.5 Å². The monoisotopic (exact) mass is 222 g/mol. The molecule has 0 aromatic carbocycles. The number of rotatable bonds is 1. The molecule has 0 saturated carbocycles. The van der Waals surface area contributed by atoms with Crippen LogP contribution in [0.3, 0.4) is 0 Å². The van der Waals surface area contributed by atoms with Gasteiger partial charge in [-0.15, -0.1) is 0 Å². The molecule has 0 fully saturated rings. The molecule has 0 saturated heterocycles. The average Bonchev–Trinajstić information content (AvgIpc) is 2.56. The van der Waals surface area contributed by atoms with Gasteiger partial charge < -0.3 is 5.11 Å². The zero-order valence-corrected chi connectivity index (χ0v) is 8.27. The van der Waals surface area contributed by atoms with Gasteiger partial charge in [0.2, 0.25) is 5.91 Å². The van der Waals surface area contributed by atoms with Crippen LogP contribution in [-0.2, 0) is 0 Å². The molecule has 0 radical (unpaired) electrons. The quantitative estimate of drug-likeness (QED) is 0.794. The second-order valence-corrected chi connectivity index (χ2v) is 3.26. The molecule has 16 heavy (non-hydrogen) atoms. The lowest BCUT2D eigenvalue weighted by atomic mass is 10.2. The van der Waals surface area contributed by atoms with Crippen molar-refractivity contribution in [3.63, 3.8) is 0 Å². The van der Waals surface area contributed by atoms with Crippen LogP contribution in [-0.4, -0.2) is 26.5 Å². The zero-order chi connectivity index (χ0) is 11.9. The Labute approximate surface area is 89.1 Å². The standard InChI is InChI=1S/C10H7FN2O3/c1-5(14)13-4-8(10(15)16)7-2-6(11)3-12-9(7)13/h2-4H,1H3,(H,15,16). The number of hydrogen-bond donors (Lipinski definition) is 1. The number of nitrogens with zero attached hydrogens (tertiary/aromatic N) is 2. The van der Waals surface area contributed by atoms with E-state index in [1.54, 1.807) is 0 Å². The lowest BCUT2D eigenvalue weighted by Crippen LogP contribution is -2.04. The van der Waals surface area contributed by atoms with Crippen LogP contribution in [0.15, 0.2) is 18.5 Å². The van der Waals surface area contributed by atoms with Gasteiger partial charge in [-0.3, -0.25) is 9.36 Å². The van der Waals surface area contributed by atoms with Crippen LogP contribution in [0, 0.1) is 5.82 Å². The number of pyridine rings is 1. The number of carboxylic acids is 1. The van der Waals surface area contributed by atoms with Crippen LogP contribution >= 0.6 is 0 Å². The molecule has 0 atom stereocenters. The topological polar surface area (TPSA) is 72.2 Å². The molecule has 0 aliphatic carbocycles. The highest BCUT2D eigenvalue weighted by Gasteiger charge is 2.17. The second kappa shape index (κ2) is 3.41. The molecule has 2 aromatic heterocycles. The Kier molecular flexibility index (Phi) is 2.19. The van der Waals surface area contributed by atoms with E-state index < -0.39 is 11.8 Å². The number of aromatic carboxylic acids is 1. The van der Waals surface area contributed by atoms with Crippen molar-refractivity contribution in [2.24, 2.45) is 0 Å². The predicted molar refractivity (Wildman–Crippen MR) is 53.0 cm³/mol. The third kappa shape index (κ3) is 1.44. The first-order valence-electron chi connectivity index (χ1n) is 4.41. The van der Waals surface area contributed by atoms with Gasteiger partial charge in [0, 0.05) is 18.5 Å². The van der Waals surface area contributed by atoms with E-state index in [4.69, 9.17) is 5.11 Å². The molecule has 0 aliphatic rings. The SMILES string of the molecule is CC(=O)n1cc(C(=O)O)c2cc(F)cnc21. The third-order valence-electron chi connectivity index (χ3n) is 2.18. The van der Waals surface area contributed by atoms with Crippen molar-refractivity contribution < 1.29 is 19.1 Å². The van der Waals surface area contributed by atoms with Crippen LogP contribution in [0.5, 0.6) is 0 Å². The first-order valence-corrected chi connectivity index (χ1v) is 4.41. The zero-order valence-electron chi connectivity index (χ0n) is 8.27. The summed E-state index contributed by atoms with van der Waals surface area (Å²) < 4.78 is 14.0. The molecular formula is C10H7FN2O3. The van der Waals surface area contributed by atoms with Crippen LogP contribution < -0.4 is 0 Å². The van der Waals surface area contributed by atoms with E-state index >= 15 is 0 Å². The number of carbonyl (C=O) groups excluding carboxylic acids is 1. The molecular weight excluding hydrogens is 215 g/mol. The summed E-state index contributed by atoms with van der Waals surface area (Å²) in [5.41, 5.74) is 0.00324. The Bertz CT molecular complexity index is 603. The third-order valence-corrected chi connectivity index (χ3v) is 2.18. The molecule has 0 unspecified atom stereocenters. The fourth-order valence-corrected chi connectivity index (χ4v) is 1.49. The first-order chi connectivity index (χ1) is 7.50. The number of halogens is 1. The molecule has 0 amide bonds. The number of aromatic nitrogens is 2. The van der Waals surface area contributed by atoms with Crippen molar-refractivity contribution in [1.29, 1.82) is 0 Å². The van der Waals surface area contributed by atoms with Crippen molar-refractivity contribution in [1.82, 2.24) is 9.55 Å². The molecule has 5 nitrogen and oxygen atoms in total. The van der Waals surface area contributed by atoms with Crippen LogP contribution in [0.2, 0.25) is 0 Å². The van der Waals surface area contributed by atoms with E-state index in [9.17, 15) is 14.0 Å². The van der Waals surface area contributed by atoms with Gasteiger partial charge in [0.15, 0.2) is 0 Å². The number of carbonyl (C=O) groups is 2. The average molecular weight is 222 g/mol. The minimum absolute atomic E-state index is 0.114. The summed E-state index contributed by atoms with van der Waals surface area (Å²) in [6.45, 7) is 1.27. The Morgan fingerprint density at radius 3 is 2.75 bits per heavy atom. The van der Waals surface area contributed by atoms with Gasteiger partial charge in [0.05, 0.1) is 11.8 Å². The summed E-state index contributed by atoms with van der Waals surface area (Å²) in [6.07, 6.45) is 2.08. The van der Waals surface area contributed by atoms with E-state index in [2.05, 4.69) is 4.98 Å². The summed E-state index contributed by atoms with van der Waals surface area (Å²) in [5.74, 6) is -2.25. The number of fused-ring (bicyclic) bond motifs is 1. The van der Waals surface area contributed by atoms with Crippen molar-refractivity contribution in [2.75, 3.05) is 0 Å². The molecule has 6 heteroatoms. The summed E-state index contributed by atoms with van der Waals surface area (Å²) in [6, 6.07) is 1.05. The summed E-state index contributed by atoms with van der Waals surface area (Å²) in [4.78, 5) is 25.8. The Hall–Kier alpha value is -2.24. The Morgan fingerprint density at radius 2 is 2.19 bits per heavy atom. The van der Waals surface area contributed by atoms with Crippen LogP contribution in [0.1, 0.15) is 22.1 Å². The van der Waals surface area contributed by atoms with Crippen molar-refractivity contribution in [3.05, 3.63) is 29.8 Å². The summed E-state index contributed by atoms with van der Waals surface area (Å²) in [5, 5.41) is 9.01. The van der Waals surface area contributed by atoms with E-state index in [1.165, 1.54) is 6.92 Å². The Balaban J connectivity index is 2.87. The summed E-state index contributed by atoms with van der Waals surface area (Å²) >= 11 is 0. The van der Waals surface area contributed by atoms with Gasteiger partial charge in [0.25, 0.3) is 0 Å². The molecule has 0 bridgehead atoms. The summed E-state index contributed by atoms with van der Waals surface area (Å²) in [7, 11) is 0. The fourth-order valence-electron chi connectivity index (χ4n) is 1.49. The van der Waals surface area contributed by atoms with Crippen LogP contribution in [0.25, 0.3) is 11.0 Å². The maximum Gasteiger partial charge on any atom is 0.337 e. The van der Waals surface area contributed by atoms with Crippen molar-refractivity contribution in [2.45, 2.75) is 6.92 Å². The van der Waals surface area contributed by atoms with Gasteiger partial charge in [-0.2, -0.15) is 0 Å². The smallest absolute Gasteiger partial charge is 0.337 e. The van der Waals surface area contributed by atoms with Gasteiger partial charge in [0.1, 0.15) is 11.5 Å². The minimum Gasteiger partial charge on any atom is -0.478 e. The lowest BCUT2D eigenvalue weighted by molar-refractivity contribution is 0.0699. The molecule has 0 aliphatic heterocycles. The van der Waals surface area contributed by atoms with Gasteiger partial charge >= 0.3 is 5.97 Å². The van der Waals surface area contributed by atoms with Crippen molar-refractivity contribution >= 4 is 22.9 Å². The normalized spacial score (nSPS) is 10.6. The maximum absolute atomic E-state index is 12.9. The van der Waals surface area contributed by atoms with E-state index in [0.717, 1.165) is 23.0 Å². The maximum atomic E-state index is 12.9. The van der Waals surface area contributed by atoms with Gasteiger partial charge in [-0.25, -0.2) is 14.2 Å². The highest BCUT2D eigenvalue weighted by Crippen LogP contribution is 2.20. The molecule has 82 valence electrons. The molecule has 2 aromatic rings. The molecule has 0 spiro atoms. The first kappa shape index (κ1) is 10.3. The molecule has 2 heterocycles. The molecule has 1 N–H and O–H groups in total. The molecule has 2 rings (SSSR count). The van der Waals surface area contributed by atoms with E-state index in [0.29, 0.717) is 0 Å². The highest BCUT2D eigenvalue weighted by molar-refractivity contribution is 6.05. The largest absolute Gasteiger partial charge is 0.478 e. The predicted octanol–water partition coefficient (Wildman–Crippen LogP) is 1.53. The van der Waals surface area contributed by atoms with Crippen molar-refractivity contribution in [3.8, 4) is 0 Å². The second-order valence-electron chi connectivity index (χ2n) is 3.26. The lowest BCUT2D eigenvalue weighted by Gasteiger charge is -1.96. The van der Waals surface area contributed by atoms with Gasteiger partial charge in [-0.1, -0.05) is 0 Å². The number of carboxylic acid groups (broad SMARTS) is 1.